The summed E-state index contributed by atoms with van der Waals surface area (Å²) in [5.41, 5.74) is 0.733. The van der Waals surface area contributed by atoms with Gasteiger partial charge in [0, 0.05) is 28.5 Å². The first-order valence-electron chi connectivity index (χ1n) is 5.99. The lowest BCUT2D eigenvalue weighted by molar-refractivity contribution is -0.117. The molecule has 0 saturated carbocycles. The number of nitrogens with zero attached hydrogens (tertiary/aromatic N) is 1. The van der Waals surface area contributed by atoms with Crippen molar-refractivity contribution in [2.75, 3.05) is 0 Å². The summed E-state index contributed by atoms with van der Waals surface area (Å²) in [5, 5.41) is 3.85. The van der Waals surface area contributed by atoms with Gasteiger partial charge in [0.15, 0.2) is 0 Å². The number of carbonyl (C=O) groups is 1. The summed E-state index contributed by atoms with van der Waals surface area (Å²) >= 11 is 11.8. The molecule has 0 aliphatic heterocycles. The smallest absolute Gasteiger partial charge is 0.244 e. The van der Waals surface area contributed by atoms with Gasteiger partial charge in [0.25, 0.3) is 0 Å². The first-order valence-corrected chi connectivity index (χ1v) is 6.75. The molecule has 1 atom stereocenters. The number of hydrogen-bond acceptors (Lipinski definition) is 2. The van der Waals surface area contributed by atoms with Crippen molar-refractivity contribution in [2.24, 2.45) is 0 Å². The third-order valence-corrected chi connectivity index (χ3v) is 3.23. The summed E-state index contributed by atoms with van der Waals surface area (Å²) in [6.07, 6.45) is 6.42. The molecule has 0 aliphatic rings. The third kappa shape index (κ3) is 3.85. The molecule has 2 N–H and O–H groups in total. The van der Waals surface area contributed by atoms with Gasteiger partial charge >= 0.3 is 0 Å². The summed E-state index contributed by atoms with van der Waals surface area (Å²) in [6.45, 7) is 1.85. The molecule has 20 heavy (non-hydrogen) atoms. The number of halogens is 2. The molecule has 2 aromatic rings. The Morgan fingerprint density at radius 3 is 2.90 bits per heavy atom. The number of benzene rings is 1. The van der Waals surface area contributed by atoms with Crippen LogP contribution in [0.3, 0.4) is 0 Å². The Labute approximate surface area is 126 Å². The third-order valence-electron chi connectivity index (χ3n) is 2.67. The van der Waals surface area contributed by atoms with Crippen LogP contribution in [0.5, 0.6) is 0 Å². The normalized spacial score (nSPS) is 12.6. The molecule has 0 radical (unpaired) electrons. The predicted molar refractivity (Wildman–Crippen MR) is 80.6 cm³/mol. The zero-order chi connectivity index (χ0) is 14.5. The minimum absolute atomic E-state index is 0.192. The van der Waals surface area contributed by atoms with Gasteiger partial charge in [-0.1, -0.05) is 29.3 Å². The number of carbonyl (C=O) groups excluding carboxylic acids is 1. The lowest BCUT2D eigenvalue weighted by Gasteiger charge is -2.09. The van der Waals surface area contributed by atoms with Gasteiger partial charge in [-0.3, -0.25) is 4.79 Å². The Balaban J connectivity index is 1.99. The second-order valence-corrected chi connectivity index (χ2v) is 5.05. The highest BCUT2D eigenvalue weighted by molar-refractivity contribution is 6.35. The van der Waals surface area contributed by atoms with E-state index in [1.807, 2.05) is 6.92 Å². The lowest BCUT2D eigenvalue weighted by Crippen LogP contribution is -2.25. The summed E-state index contributed by atoms with van der Waals surface area (Å²) in [5.74, 6) is 0.483. The highest BCUT2D eigenvalue weighted by atomic mass is 35.5. The van der Waals surface area contributed by atoms with Crippen LogP contribution in [0.4, 0.5) is 0 Å². The topological polar surface area (TPSA) is 57.8 Å². The Kier molecular flexibility index (Phi) is 4.82. The molecule has 0 aliphatic carbocycles. The summed E-state index contributed by atoms with van der Waals surface area (Å²) in [7, 11) is 0. The zero-order valence-corrected chi connectivity index (χ0v) is 12.2. The van der Waals surface area contributed by atoms with Crippen LogP contribution in [0.15, 0.2) is 36.7 Å². The molecule has 0 fully saturated rings. The first-order chi connectivity index (χ1) is 9.56. The molecule has 1 unspecified atom stereocenters. The number of aromatic nitrogens is 2. The molecule has 4 nitrogen and oxygen atoms in total. The molecule has 6 heteroatoms. The number of rotatable bonds is 4. The van der Waals surface area contributed by atoms with Crippen LogP contribution in [0.25, 0.3) is 6.08 Å². The van der Waals surface area contributed by atoms with E-state index < -0.39 is 0 Å². The van der Waals surface area contributed by atoms with E-state index >= 15 is 0 Å². The van der Waals surface area contributed by atoms with Crippen molar-refractivity contribution >= 4 is 35.2 Å². The molecule has 1 aromatic carbocycles. The minimum Gasteiger partial charge on any atom is -0.347 e. The Hall–Kier alpha value is -1.78. The number of aromatic amines is 1. The lowest BCUT2D eigenvalue weighted by atomic mass is 10.2. The number of H-pyrrole nitrogens is 1. The van der Waals surface area contributed by atoms with E-state index in [0.717, 1.165) is 5.56 Å². The fourth-order valence-electron chi connectivity index (χ4n) is 1.65. The number of amides is 1. The average Bonchev–Trinajstić information content (AvgIpc) is 2.91. The molecule has 1 amide bonds. The van der Waals surface area contributed by atoms with Gasteiger partial charge < -0.3 is 10.3 Å². The van der Waals surface area contributed by atoms with Gasteiger partial charge in [0.2, 0.25) is 5.91 Å². The van der Waals surface area contributed by atoms with Crippen LogP contribution in [-0.4, -0.2) is 15.9 Å². The van der Waals surface area contributed by atoms with Crippen molar-refractivity contribution in [2.45, 2.75) is 13.0 Å². The van der Waals surface area contributed by atoms with E-state index in [1.54, 1.807) is 36.7 Å². The molecule has 0 spiro atoms. The van der Waals surface area contributed by atoms with E-state index in [0.29, 0.717) is 15.9 Å². The van der Waals surface area contributed by atoms with Gasteiger partial charge in [-0.25, -0.2) is 4.98 Å². The first kappa shape index (κ1) is 14.6. The Morgan fingerprint density at radius 1 is 1.45 bits per heavy atom. The van der Waals surface area contributed by atoms with Gasteiger partial charge in [-0.15, -0.1) is 0 Å². The maximum atomic E-state index is 11.8. The van der Waals surface area contributed by atoms with E-state index in [-0.39, 0.29) is 11.9 Å². The zero-order valence-electron chi connectivity index (χ0n) is 10.7. The Bertz CT molecular complexity index is 623. The number of nitrogens with one attached hydrogen (secondary N) is 2. The van der Waals surface area contributed by atoms with Gasteiger partial charge in [-0.05, 0) is 30.7 Å². The van der Waals surface area contributed by atoms with Crippen LogP contribution in [-0.2, 0) is 4.79 Å². The molecule has 1 aromatic heterocycles. The summed E-state index contributed by atoms with van der Waals surface area (Å²) in [4.78, 5) is 18.8. The maximum absolute atomic E-state index is 11.8. The highest BCUT2D eigenvalue weighted by Crippen LogP contribution is 2.21. The van der Waals surface area contributed by atoms with Crippen LogP contribution >= 0.6 is 23.2 Å². The van der Waals surface area contributed by atoms with E-state index in [2.05, 4.69) is 15.3 Å². The fraction of sp³-hybridized carbons (Fsp3) is 0.143. The molecule has 1 heterocycles. The monoisotopic (exact) mass is 309 g/mol. The summed E-state index contributed by atoms with van der Waals surface area (Å²) < 4.78 is 0. The molecular formula is C14H13Cl2N3O. The van der Waals surface area contributed by atoms with Crippen molar-refractivity contribution in [1.29, 1.82) is 0 Å². The second-order valence-electron chi connectivity index (χ2n) is 4.20. The van der Waals surface area contributed by atoms with Crippen LogP contribution < -0.4 is 5.32 Å². The largest absolute Gasteiger partial charge is 0.347 e. The SMILES string of the molecule is CC(NC(=O)/C=C/c1ccc(Cl)cc1Cl)c1ncc[nH]1. The second kappa shape index (κ2) is 6.59. The van der Waals surface area contributed by atoms with Crippen molar-refractivity contribution in [3.05, 3.63) is 58.1 Å². The van der Waals surface area contributed by atoms with Gasteiger partial charge in [-0.2, -0.15) is 0 Å². The molecule has 2 rings (SSSR count). The van der Waals surface area contributed by atoms with Crippen LogP contribution in [0, 0.1) is 0 Å². The number of hydrogen-bond donors (Lipinski definition) is 2. The molecule has 0 bridgehead atoms. The molecular weight excluding hydrogens is 297 g/mol. The van der Waals surface area contributed by atoms with E-state index in [1.165, 1.54) is 6.08 Å². The standard InChI is InChI=1S/C14H13Cl2N3O/c1-9(14-17-6-7-18-14)19-13(20)5-3-10-2-4-11(15)8-12(10)16/h2-9H,1H3,(H,17,18)(H,19,20)/b5-3+. The maximum Gasteiger partial charge on any atom is 0.244 e. The van der Waals surface area contributed by atoms with Crippen molar-refractivity contribution < 1.29 is 4.79 Å². The summed E-state index contributed by atoms with van der Waals surface area (Å²) in [6, 6.07) is 4.91. The quantitative estimate of drug-likeness (QED) is 0.848. The average molecular weight is 310 g/mol. The Morgan fingerprint density at radius 2 is 2.25 bits per heavy atom. The van der Waals surface area contributed by atoms with Gasteiger partial charge in [0.05, 0.1) is 6.04 Å². The van der Waals surface area contributed by atoms with Crippen molar-refractivity contribution in [3.63, 3.8) is 0 Å². The minimum atomic E-state index is -0.222. The van der Waals surface area contributed by atoms with E-state index in [9.17, 15) is 4.79 Å². The molecule has 104 valence electrons. The number of imidazole rings is 1. The van der Waals surface area contributed by atoms with Gasteiger partial charge in [0.1, 0.15) is 5.82 Å². The van der Waals surface area contributed by atoms with E-state index in [4.69, 9.17) is 23.2 Å². The molecule has 0 saturated heterocycles. The fourth-order valence-corrected chi connectivity index (χ4v) is 2.12. The van der Waals surface area contributed by atoms with Crippen molar-refractivity contribution in [1.82, 2.24) is 15.3 Å². The van der Waals surface area contributed by atoms with Crippen molar-refractivity contribution in [3.8, 4) is 0 Å². The highest BCUT2D eigenvalue weighted by Gasteiger charge is 2.09. The predicted octanol–water partition coefficient (Wildman–Crippen LogP) is 3.61. The van der Waals surface area contributed by atoms with Crippen LogP contribution in [0.2, 0.25) is 10.0 Å². The van der Waals surface area contributed by atoms with Crippen LogP contribution in [0.1, 0.15) is 24.4 Å².